The summed E-state index contributed by atoms with van der Waals surface area (Å²) in [6.07, 6.45) is 15.9. The van der Waals surface area contributed by atoms with Crippen molar-refractivity contribution in [2.45, 2.75) is 84.2 Å². The molecule has 0 bridgehead atoms. The number of aliphatic hydroxyl groups excluding tert-OH is 1. The van der Waals surface area contributed by atoms with E-state index in [0.717, 1.165) is 12.8 Å². The minimum absolute atomic E-state index is 0.0666. The summed E-state index contributed by atoms with van der Waals surface area (Å²) >= 11 is 0. The molecule has 5 nitrogen and oxygen atoms in total. The van der Waals surface area contributed by atoms with Gasteiger partial charge in [-0.05, 0) is 24.6 Å². The number of carboxylic acid groups (broad SMARTS) is 1. The van der Waals surface area contributed by atoms with Crippen LogP contribution in [0.15, 0.2) is 18.2 Å². The van der Waals surface area contributed by atoms with Gasteiger partial charge in [-0.25, -0.2) is 4.98 Å². The lowest BCUT2D eigenvalue weighted by Gasteiger charge is -2.10. The molecule has 1 heterocycles. The Hall–Kier alpha value is -1.88. The Morgan fingerprint density at radius 2 is 1.67 bits per heavy atom. The van der Waals surface area contributed by atoms with Crippen LogP contribution in [0.3, 0.4) is 0 Å². The van der Waals surface area contributed by atoms with Crippen molar-refractivity contribution in [3.8, 4) is 5.75 Å². The molecule has 1 rings (SSSR count). The first-order valence-electron chi connectivity index (χ1n) is 10.3. The highest BCUT2D eigenvalue weighted by Crippen LogP contribution is 2.20. The van der Waals surface area contributed by atoms with Gasteiger partial charge in [-0.2, -0.15) is 0 Å². The van der Waals surface area contributed by atoms with Crippen molar-refractivity contribution in [2.24, 2.45) is 0 Å². The number of unbranched alkanes of at least 4 members (excludes halogenated alkanes) is 9. The lowest BCUT2D eigenvalue weighted by Crippen LogP contribution is -2.02. The van der Waals surface area contributed by atoms with Crippen LogP contribution in [0, 0.1) is 0 Å². The highest BCUT2D eigenvalue weighted by molar-refractivity contribution is 5.70. The molecule has 0 amide bonds. The minimum Gasteiger partial charge on any atom is -0.491 e. The van der Waals surface area contributed by atoms with E-state index < -0.39 is 5.97 Å². The van der Waals surface area contributed by atoms with Crippen LogP contribution in [0.5, 0.6) is 5.75 Å². The number of carbonyl (C=O) groups is 1. The normalized spacial score (nSPS) is 11.2. The molecule has 1 aromatic rings. The Balaban J connectivity index is 2.27. The average molecular weight is 378 g/mol. The first-order chi connectivity index (χ1) is 13.2. The predicted octanol–water partition coefficient (Wildman–Crippen LogP) is 5.36. The average Bonchev–Trinajstić information content (AvgIpc) is 2.66. The van der Waals surface area contributed by atoms with Crippen molar-refractivity contribution in [3.05, 3.63) is 29.6 Å². The maximum absolute atomic E-state index is 10.6. The summed E-state index contributed by atoms with van der Waals surface area (Å²) in [7, 11) is 0. The summed E-state index contributed by atoms with van der Waals surface area (Å²) in [4.78, 5) is 14.9. The number of carboxylic acids is 1. The van der Waals surface area contributed by atoms with Gasteiger partial charge in [-0.1, -0.05) is 70.8 Å². The molecule has 5 heteroatoms. The summed E-state index contributed by atoms with van der Waals surface area (Å²) in [5, 5.41) is 18.0. The third-order valence-electron chi connectivity index (χ3n) is 4.43. The monoisotopic (exact) mass is 377 g/mol. The van der Waals surface area contributed by atoms with Gasteiger partial charge >= 0.3 is 5.97 Å². The van der Waals surface area contributed by atoms with E-state index in [9.17, 15) is 9.90 Å². The molecule has 0 aliphatic rings. The Labute approximate surface area is 163 Å². The van der Waals surface area contributed by atoms with E-state index in [2.05, 4.69) is 11.9 Å². The maximum Gasteiger partial charge on any atom is 0.307 e. The van der Waals surface area contributed by atoms with Crippen molar-refractivity contribution in [1.82, 2.24) is 4.98 Å². The van der Waals surface area contributed by atoms with Crippen LogP contribution in [-0.2, 0) is 11.4 Å². The number of hydrogen-bond donors (Lipinski definition) is 2. The van der Waals surface area contributed by atoms with Crippen molar-refractivity contribution < 1.29 is 19.7 Å². The zero-order valence-corrected chi connectivity index (χ0v) is 16.7. The Bertz CT molecular complexity index is 557. The fraction of sp³-hybridized carbons (Fsp3) is 0.636. The van der Waals surface area contributed by atoms with Gasteiger partial charge in [0.15, 0.2) is 0 Å². The van der Waals surface area contributed by atoms with Gasteiger partial charge in [0.1, 0.15) is 11.4 Å². The van der Waals surface area contributed by atoms with Crippen LogP contribution >= 0.6 is 0 Å². The second-order valence-electron chi connectivity index (χ2n) is 6.87. The summed E-state index contributed by atoms with van der Waals surface area (Å²) in [5.74, 6) is -0.262. The molecule has 0 aliphatic heterocycles. The van der Waals surface area contributed by atoms with Gasteiger partial charge in [0.2, 0.25) is 0 Å². The quantitative estimate of drug-likeness (QED) is 0.379. The molecule has 0 saturated carbocycles. The van der Waals surface area contributed by atoms with Gasteiger partial charge in [0, 0.05) is 0 Å². The van der Waals surface area contributed by atoms with Crippen LogP contribution in [-0.4, -0.2) is 27.8 Å². The van der Waals surface area contributed by atoms with Gasteiger partial charge in [-0.15, -0.1) is 0 Å². The third kappa shape index (κ3) is 11.4. The highest BCUT2D eigenvalue weighted by atomic mass is 16.5. The van der Waals surface area contributed by atoms with E-state index in [1.807, 2.05) is 0 Å². The second-order valence-corrected chi connectivity index (χ2v) is 6.87. The number of nitrogens with zero attached hydrogens (tertiary/aromatic N) is 1. The molecule has 0 fully saturated rings. The number of aromatic nitrogens is 1. The zero-order chi connectivity index (χ0) is 19.7. The van der Waals surface area contributed by atoms with E-state index in [-0.39, 0.29) is 13.0 Å². The van der Waals surface area contributed by atoms with E-state index in [0.29, 0.717) is 23.7 Å². The van der Waals surface area contributed by atoms with E-state index in [1.54, 1.807) is 24.3 Å². The molecule has 152 valence electrons. The van der Waals surface area contributed by atoms with Gasteiger partial charge < -0.3 is 14.9 Å². The van der Waals surface area contributed by atoms with Crippen molar-refractivity contribution in [3.63, 3.8) is 0 Å². The van der Waals surface area contributed by atoms with E-state index in [4.69, 9.17) is 9.84 Å². The predicted molar refractivity (Wildman–Crippen MR) is 109 cm³/mol. The van der Waals surface area contributed by atoms with Crippen LogP contribution in [0.25, 0.3) is 6.08 Å². The number of ether oxygens (including phenoxy) is 1. The van der Waals surface area contributed by atoms with E-state index in [1.165, 1.54) is 51.4 Å². The number of aliphatic carboxylic acids is 1. The van der Waals surface area contributed by atoms with Crippen LogP contribution in [0.4, 0.5) is 0 Å². The van der Waals surface area contributed by atoms with Gasteiger partial charge in [0.05, 0.1) is 25.3 Å². The lowest BCUT2D eigenvalue weighted by atomic mass is 10.1. The fourth-order valence-electron chi connectivity index (χ4n) is 2.88. The van der Waals surface area contributed by atoms with Crippen LogP contribution < -0.4 is 4.74 Å². The second kappa shape index (κ2) is 15.2. The molecule has 1 aromatic heterocycles. The third-order valence-corrected chi connectivity index (χ3v) is 4.43. The molecular weight excluding hydrogens is 342 g/mol. The van der Waals surface area contributed by atoms with E-state index >= 15 is 0 Å². The molecule has 0 spiro atoms. The molecule has 0 saturated heterocycles. The highest BCUT2D eigenvalue weighted by Gasteiger charge is 2.05. The first-order valence-corrected chi connectivity index (χ1v) is 10.3. The molecule has 0 atom stereocenters. The molecule has 27 heavy (non-hydrogen) atoms. The van der Waals surface area contributed by atoms with Gasteiger partial charge in [0.25, 0.3) is 0 Å². The molecule has 0 aliphatic carbocycles. The number of rotatable bonds is 16. The summed E-state index contributed by atoms with van der Waals surface area (Å²) in [6.45, 7) is 2.71. The largest absolute Gasteiger partial charge is 0.491 e. The number of pyridine rings is 1. The standard InChI is InChI=1S/C22H35NO4/c1-2-3-4-5-6-7-8-9-10-11-17-27-21-16-15-19(18-24)23-20(21)13-12-14-22(25)26/h12-13,15-16,24H,2-11,14,17-18H2,1H3,(H,25,26). The Morgan fingerprint density at radius 1 is 1.04 bits per heavy atom. The SMILES string of the molecule is CCCCCCCCCCCCOc1ccc(CO)nc1C=CCC(=O)O. The number of hydrogen-bond acceptors (Lipinski definition) is 4. The topological polar surface area (TPSA) is 79.7 Å². The molecule has 0 aromatic carbocycles. The fourth-order valence-corrected chi connectivity index (χ4v) is 2.88. The molecular formula is C22H35NO4. The Morgan fingerprint density at radius 3 is 2.26 bits per heavy atom. The Kier molecular flexibility index (Phi) is 13.0. The summed E-state index contributed by atoms with van der Waals surface area (Å²) in [5.41, 5.74) is 1.10. The maximum atomic E-state index is 10.6. The summed E-state index contributed by atoms with van der Waals surface area (Å²) in [6, 6.07) is 3.51. The molecule has 0 unspecified atom stereocenters. The molecule has 0 radical (unpaired) electrons. The number of aliphatic hydroxyl groups is 1. The smallest absolute Gasteiger partial charge is 0.307 e. The lowest BCUT2D eigenvalue weighted by molar-refractivity contribution is -0.135. The first kappa shape index (κ1) is 23.2. The zero-order valence-electron chi connectivity index (χ0n) is 16.7. The summed E-state index contributed by atoms with van der Waals surface area (Å²) < 4.78 is 5.82. The minimum atomic E-state index is -0.891. The van der Waals surface area contributed by atoms with Crippen LogP contribution in [0.1, 0.15) is 88.9 Å². The van der Waals surface area contributed by atoms with Crippen molar-refractivity contribution in [1.29, 1.82) is 0 Å². The van der Waals surface area contributed by atoms with Gasteiger partial charge in [-0.3, -0.25) is 4.79 Å². The molecule has 2 N–H and O–H groups in total. The van der Waals surface area contributed by atoms with Crippen molar-refractivity contribution >= 4 is 12.0 Å². The van der Waals surface area contributed by atoms with Crippen molar-refractivity contribution in [2.75, 3.05) is 6.61 Å². The van der Waals surface area contributed by atoms with Crippen LogP contribution in [0.2, 0.25) is 0 Å².